The van der Waals surface area contributed by atoms with Crippen LogP contribution in [0.25, 0.3) is 10.2 Å². The highest BCUT2D eigenvalue weighted by molar-refractivity contribution is 7.18. The molecule has 1 saturated heterocycles. The number of rotatable bonds is 7. The van der Waals surface area contributed by atoms with Gasteiger partial charge in [-0.25, -0.2) is 4.98 Å². The molecule has 0 atom stereocenters. The van der Waals surface area contributed by atoms with Gasteiger partial charge in [-0.15, -0.1) is 11.3 Å². The van der Waals surface area contributed by atoms with Crippen molar-refractivity contribution in [1.82, 2.24) is 9.88 Å². The highest BCUT2D eigenvalue weighted by atomic mass is 32.1. The van der Waals surface area contributed by atoms with Crippen LogP contribution in [0.4, 0.5) is 0 Å². The fourth-order valence-electron chi connectivity index (χ4n) is 3.97. The second kappa shape index (κ2) is 9.55. The number of hydrogen-bond acceptors (Lipinski definition) is 4. The zero-order valence-corrected chi connectivity index (χ0v) is 18.5. The van der Waals surface area contributed by atoms with Crippen LogP contribution >= 0.6 is 11.3 Å². The van der Waals surface area contributed by atoms with Gasteiger partial charge < -0.3 is 19.4 Å². The van der Waals surface area contributed by atoms with E-state index in [9.17, 15) is 4.79 Å². The lowest BCUT2D eigenvalue weighted by molar-refractivity contribution is -1.02. The third-order valence-corrected chi connectivity index (χ3v) is 6.84. The molecule has 2 heterocycles. The average Bonchev–Trinajstić information content (AvgIpc) is 3.18. The Labute approximate surface area is 181 Å². The van der Waals surface area contributed by atoms with Crippen molar-refractivity contribution in [1.29, 1.82) is 0 Å². The van der Waals surface area contributed by atoms with Crippen molar-refractivity contribution in [2.45, 2.75) is 13.1 Å². The first kappa shape index (κ1) is 20.8. The van der Waals surface area contributed by atoms with Gasteiger partial charge in [0.05, 0.1) is 23.9 Å². The van der Waals surface area contributed by atoms with Crippen molar-refractivity contribution in [2.75, 3.05) is 46.9 Å². The number of methoxy groups -OCH3 is 1. The molecule has 3 aromatic rings. The number of amides is 1. The first-order chi connectivity index (χ1) is 14.6. The standard InChI is InChI=1S/C23H28N4O2S/c1-25(16-22-24-20-5-3-4-6-21(20)30-22)23(28)17-27-13-11-26(12-14-27)15-18-7-9-19(29-2)10-8-18/h3-10H,11-17H2,1-2H3/p+2. The van der Waals surface area contributed by atoms with E-state index in [1.54, 1.807) is 23.3 Å². The van der Waals surface area contributed by atoms with Gasteiger partial charge >= 0.3 is 0 Å². The van der Waals surface area contributed by atoms with Crippen LogP contribution in [0.3, 0.4) is 0 Å². The predicted molar refractivity (Wildman–Crippen MR) is 119 cm³/mol. The van der Waals surface area contributed by atoms with Crippen molar-refractivity contribution in [2.24, 2.45) is 0 Å². The summed E-state index contributed by atoms with van der Waals surface area (Å²) in [6.07, 6.45) is 0. The number of piperazine rings is 1. The quantitative estimate of drug-likeness (QED) is 0.570. The van der Waals surface area contributed by atoms with E-state index in [0.717, 1.165) is 49.0 Å². The summed E-state index contributed by atoms with van der Waals surface area (Å²) in [5.41, 5.74) is 2.35. The molecular formula is C23H30N4O2S+2. The maximum absolute atomic E-state index is 12.7. The Morgan fingerprint density at radius 3 is 2.47 bits per heavy atom. The van der Waals surface area contributed by atoms with Gasteiger partial charge in [-0.1, -0.05) is 12.1 Å². The van der Waals surface area contributed by atoms with Gasteiger partial charge in [0, 0.05) is 12.6 Å². The number of nitrogens with zero attached hydrogens (tertiary/aromatic N) is 2. The summed E-state index contributed by atoms with van der Waals surface area (Å²) >= 11 is 1.67. The molecule has 0 aliphatic carbocycles. The predicted octanol–water partition coefficient (Wildman–Crippen LogP) is 0.247. The topological polar surface area (TPSA) is 51.3 Å². The minimum Gasteiger partial charge on any atom is -0.497 e. The molecule has 0 saturated carbocycles. The molecule has 158 valence electrons. The zero-order valence-electron chi connectivity index (χ0n) is 17.7. The summed E-state index contributed by atoms with van der Waals surface area (Å²) in [5.74, 6) is 1.10. The first-order valence-electron chi connectivity index (χ1n) is 10.5. The van der Waals surface area contributed by atoms with Crippen LogP contribution in [0, 0.1) is 0 Å². The molecule has 6 nitrogen and oxygen atoms in total. The molecule has 2 aromatic carbocycles. The van der Waals surface area contributed by atoms with Crippen molar-refractivity contribution in [3.8, 4) is 5.75 Å². The first-order valence-corrected chi connectivity index (χ1v) is 11.3. The molecule has 1 aromatic heterocycles. The third kappa shape index (κ3) is 5.16. The van der Waals surface area contributed by atoms with Crippen molar-refractivity contribution in [3.05, 3.63) is 59.1 Å². The average molecular weight is 427 g/mol. The summed E-state index contributed by atoms with van der Waals surface area (Å²) < 4.78 is 6.41. The van der Waals surface area contributed by atoms with E-state index in [1.165, 1.54) is 15.2 Å². The number of benzene rings is 2. The van der Waals surface area contributed by atoms with Crippen molar-refractivity contribution >= 4 is 27.5 Å². The van der Waals surface area contributed by atoms with Gasteiger partial charge in [-0.3, -0.25) is 4.79 Å². The number of nitrogens with one attached hydrogen (secondary N) is 2. The maximum Gasteiger partial charge on any atom is 0.277 e. The molecule has 1 aliphatic heterocycles. The molecule has 7 heteroatoms. The maximum atomic E-state index is 12.7. The lowest BCUT2D eigenvalue weighted by atomic mass is 10.2. The molecule has 1 fully saturated rings. The normalized spacial score (nSPS) is 19.0. The Morgan fingerprint density at radius 2 is 1.77 bits per heavy atom. The lowest BCUT2D eigenvalue weighted by Gasteiger charge is -2.30. The molecule has 0 unspecified atom stereocenters. The number of likely N-dealkylation sites (N-methyl/N-ethyl adjacent to an activating group) is 1. The van der Waals surface area contributed by atoms with Crippen LogP contribution < -0.4 is 14.5 Å². The molecule has 0 bridgehead atoms. The second-order valence-electron chi connectivity index (χ2n) is 8.03. The van der Waals surface area contributed by atoms with Gasteiger partial charge in [0.25, 0.3) is 5.91 Å². The number of para-hydroxylation sites is 1. The van der Waals surface area contributed by atoms with Gasteiger partial charge in [0.1, 0.15) is 43.5 Å². The number of thiazole rings is 1. The molecule has 0 radical (unpaired) electrons. The van der Waals surface area contributed by atoms with Crippen LogP contribution in [-0.2, 0) is 17.9 Å². The number of carbonyl (C=O) groups is 1. The van der Waals surface area contributed by atoms with E-state index >= 15 is 0 Å². The van der Waals surface area contributed by atoms with E-state index in [2.05, 4.69) is 23.2 Å². The lowest BCUT2D eigenvalue weighted by Crippen LogP contribution is -3.28. The van der Waals surface area contributed by atoms with Crippen LogP contribution in [0.1, 0.15) is 10.6 Å². The van der Waals surface area contributed by atoms with Crippen molar-refractivity contribution in [3.63, 3.8) is 0 Å². The van der Waals surface area contributed by atoms with Gasteiger partial charge in [0.2, 0.25) is 0 Å². The van der Waals surface area contributed by atoms with Crippen molar-refractivity contribution < 1.29 is 19.3 Å². The van der Waals surface area contributed by atoms with Gasteiger partial charge in [-0.05, 0) is 36.4 Å². The van der Waals surface area contributed by atoms with E-state index in [4.69, 9.17) is 4.74 Å². The summed E-state index contributed by atoms with van der Waals surface area (Å²) in [6.45, 7) is 6.44. The SMILES string of the molecule is COc1ccc(C[NH+]2CC[NH+](CC(=O)N(C)Cc3nc4ccccc4s3)CC2)cc1. The molecule has 0 spiro atoms. The molecule has 1 amide bonds. The Morgan fingerprint density at radius 1 is 1.07 bits per heavy atom. The number of hydrogen-bond donors (Lipinski definition) is 2. The van der Waals surface area contributed by atoms with Crippen LogP contribution in [0.15, 0.2) is 48.5 Å². The summed E-state index contributed by atoms with van der Waals surface area (Å²) in [5, 5.41) is 0.996. The third-order valence-electron chi connectivity index (χ3n) is 5.81. The highest BCUT2D eigenvalue weighted by Crippen LogP contribution is 2.22. The van der Waals surface area contributed by atoms with Crippen LogP contribution in [0.2, 0.25) is 0 Å². The largest absolute Gasteiger partial charge is 0.497 e. The Hall–Kier alpha value is -2.48. The Bertz CT molecular complexity index is 947. The number of quaternary nitrogens is 2. The smallest absolute Gasteiger partial charge is 0.277 e. The summed E-state index contributed by atoms with van der Waals surface area (Å²) in [6, 6.07) is 16.5. The molecule has 2 N–H and O–H groups in total. The molecule has 4 rings (SSSR count). The van der Waals surface area contributed by atoms with Gasteiger partial charge in [-0.2, -0.15) is 0 Å². The number of ether oxygens (including phenoxy) is 1. The minimum absolute atomic E-state index is 0.197. The van der Waals surface area contributed by atoms with E-state index < -0.39 is 0 Å². The van der Waals surface area contributed by atoms with E-state index in [-0.39, 0.29) is 5.91 Å². The Kier molecular flexibility index (Phi) is 6.62. The fourth-order valence-corrected chi connectivity index (χ4v) is 4.99. The minimum atomic E-state index is 0.197. The highest BCUT2D eigenvalue weighted by Gasteiger charge is 2.26. The van der Waals surface area contributed by atoms with Crippen LogP contribution in [-0.4, -0.2) is 62.7 Å². The molecule has 1 aliphatic rings. The number of aromatic nitrogens is 1. The Balaban J connectivity index is 1.23. The monoisotopic (exact) mass is 426 g/mol. The molecule has 30 heavy (non-hydrogen) atoms. The zero-order chi connectivity index (χ0) is 20.9. The van der Waals surface area contributed by atoms with E-state index in [0.29, 0.717) is 13.1 Å². The van der Waals surface area contributed by atoms with Gasteiger partial charge in [0.15, 0.2) is 6.54 Å². The molecular weight excluding hydrogens is 396 g/mol. The number of carbonyl (C=O) groups excluding carboxylic acids is 1. The second-order valence-corrected chi connectivity index (χ2v) is 9.14. The van der Waals surface area contributed by atoms with Crippen LogP contribution in [0.5, 0.6) is 5.75 Å². The summed E-state index contributed by atoms with van der Waals surface area (Å²) in [4.78, 5) is 22.2. The number of fused-ring (bicyclic) bond motifs is 1. The summed E-state index contributed by atoms with van der Waals surface area (Å²) in [7, 11) is 3.58. The van der Waals surface area contributed by atoms with E-state index in [1.807, 2.05) is 42.3 Å². The fraction of sp³-hybridized carbons (Fsp3) is 0.391.